The first kappa shape index (κ1) is 119. The second-order valence-corrected chi connectivity index (χ2v) is 58.3. The number of carbonyl (C=O) groups excluding carboxylic acids is 15. The Hall–Kier alpha value is -8.22. The van der Waals surface area contributed by atoms with Crippen LogP contribution in [-0.2, 0) is 87.6 Å². The summed E-state index contributed by atoms with van der Waals surface area (Å²) >= 11 is 0. The van der Waals surface area contributed by atoms with E-state index in [2.05, 4.69) is 105 Å². The fraction of sp³-hybridized carbons (Fsp3) is 0.857. The Bertz CT molecular complexity index is 5240. The van der Waals surface area contributed by atoms with Crippen LogP contribution in [0.5, 0.6) is 0 Å². The molecule has 0 aromatic carbocycles. The SMILES string of the molecule is CCCC[C@H](NC(=O)[C@@H]1[C@@H]2[C@H](CN1C(=O)[C@@H](NC(=O)NC1([C@H](C)S(=O)(=O)N(C)C)CCCCC1)C(C)(C)C)C2(C)C)C(=O)C(=O)NC1CC1.CCC[C@H](NC(=O)[C@@H]1[C@@H]2[C@H](CN1C(=O)[C@@H](NC(=O)NC1([C@H](C)S(=O)(=O)N(C)C)CCCCC1)C(C)(C)C)C2(C)C)C(=O)C(=O)NC1CC1.C[C@@H](C1(NC(=O)N[C@H](C(=O)N2C[C@H]3[C@@H]([C@H]2C(=O)N[C@@H](CCC2CC2)C(=O)C(=O)NC2CC2)C3(C)C)C(C)(C)C)CCCCC1)S(=O)(=O)N(C)C. The van der Waals surface area contributed by atoms with E-state index in [0.29, 0.717) is 89.8 Å². The molecule has 13 rings (SSSR count). The Labute approximate surface area is 873 Å². The number of Topliss-reactive ketones (excluding diaryl/α,β-unsaturated/α-hetero) is 3. The van der Waals surface area contributed by atoms with Crippen LogP contribution in [0.3, 0.4) is 0 Å². The molecule has 15 amide bonds. The van der Waals surface area contributed by atoms with Gasteiger partial charge in [-0.25, -0.2) is 52.6 Å². The Morgan fingerprint density at radius 3 is 0.803 bits per heavy atom. The first-order valence-corrected chi connectivity index (χ1v) is 59.0. The van der Waals surface area contributed by atoms with Crippen molar-refractivity contribution in [3.63, 3.8) is 0 Å². The minimum atomic E-state index is -3.70. The van der Waals surface area contributed by atoms with Gasteiger partial charge in [0.05, 0.1) is 50.5 Å². The van der Waals surface area contributed by atoms with Crippen LogP contribution in [-0.4, -0.2) is 308 Å². The zero-order valence-corrected chi connectivity index (χ0v) is 95.0. The average Bonchev–Trinajstić information content (AvgIpc) is 1.53. The molecule has 10 aliphatic carbocycles. The third kappa shape index (κ3) is 27.0. The molecule has 0 spiro atoms. The van der Waals surface area contributed by atoms with Crippen molar-refractivity contribution in [2.75, 3.05) is 61.9 Å². The van der Waals surface area contributed by atoms with E-state index < -0.39 is 222 Å². The molecule has 3 aliphatic heterocycles. The highest BCUT2D eigenvalue weighted by atomic mass is 32.2. The summed E-state index contributed by atoms with van der Waals surface area (Å²) < 4.78 is 83.0. The van der Waals surface area contributed by atoms with Gasteiger partial charge in [-0.2, -0.15) is 0 Å². The predicted octanol–water partition coefficient (Wildman–Crippen LogP) is 7.68. The number of ketones is 3. The predicted molar refractivity (Wildman–Crippen MR) is 558 cm³/mol. The van der Waals surface area contributed by atoms with E-state index in [-0.39, 0.29) is 76.3 Å². The van der Waals surface area contributed by atoms with Crippen LogP contribution < -0.4 is 63.8 Å². The van der Waals surface area contributed by atoms with Gasteiger partial charge < -0.3 is 78.5 Å². The molecule has 10 saturated carbocycles. The molecule has 0 bridgehead atoms. The first-order valence-electron chi connectivity index (χ1n) is 54.4. The van der Waals surface area contributed by atoms with E-state index in [0.717, 1.165) is 122 Å². The van der Waals surface area contributed by atoms with Crippen LogP contribution in [0, 0.1) is 73.9 Å². The Kier molecular flexibility index (Phi) is 36.9. The fourth-order valence-corrected chi connectivity index (χ4v) is 28.8. The van der Waals surface area contributed by atoms with Crippen molar-refractivity contribution in [1.82, 2.24) is 91.4 Å². The zero-order chi connectivity index (χ0) is 110. The highest BCUT2D eigenvalue weighted by Gasteiger charge is 2.73. The highest BCUT2D eigenvalue weighted by Crippen LogP contribution is 2.67. The average molecular weight is 2120 g/mol. The van der Waals surface area contributed by atoms with E-state index in [1.54, 1.807) is 25.7 Å². The van der Waals surface area contributed by atoms with Crippen molar-refractivity contribution in [3.8, 4) is 0 Å². The van der Waals surface area contributed by atoms with Crippen molar-refractivity contribution in [2.45, 2.75) is 436 Å². The number of rotatable bonds is 41. The number of fused-ring (bicyclic) bond motifs is 3. The maximum absolute atomic E-state index is 14.5. The van der Waals surface area contributed by atoms with Crippen LogP contribution >= 0.6 is 0 Å². The molecule has 0 aromatic rings. The summed E-state index contributed by atoms with van der Waals surface area (Å²) in [5.41, 5.74) is -5.91. The second kappa shape index (κ2) is 45.6. The summed E-state index contributed by atoms with van der Waals surface area (Å²) in [4.78, 5) is 209. The number of nitrogens with one attached hydrogen (secondary N) is 12. The van der Waals surface area contributed by atoms with E-state index >= 15 is 0 Å². The Morgan fingerprint density at radius 2 is 0.585 bits per heavy atom. The molecule has 42 heteroatoms. The summed E-state index contributed by atoms with van der Waals surface area (Å²) in [7, 11) is -2.21. The molecule has 13 fully saturated rings. The summed E-state index contributed by atoms with van der Waals surface area (Å²) in [6.07, 6.45) is 21.2. The minimum Gasteiger partial charge on any atom is -0.347 e. The second-order valence-electron chi connectivity index (χ2n) is 50.9. The Balaban J connectivity index is 0.000000210. The number of likely N-dealkylation sites (tertiary alicyclic amines) is 3. The first-order chi connectivity index (χ1) is 68.1. The normalized spacial score (nSPS) is 26.7. The van der Waals surface area contributed by atoms with Gasteiger partial charge in [-0.1, -0.05) is 208 Å². The van der Waals surface area contributed by atoms with Crippen molar-refractivity contribution in [2.24, 2.45) is 73.9 Å². The lowest BCUT2D eigenvalue weighted by Crippen LogP contribution is -2.65. The van der Waals surface area contributed by atoms with Crippen LogP contribution in [0.25, 0.3) is 0 Å². The largest absolute Gasteiger partial charge is 0.347 e. The molecule has 13 aliphatic rings. The number of hydrogen-bond acceptors (Lipinski definition) is 21. The van der Waals surface area contributed by atoms with E-state index in [4.69, 9.17) is 0 Å². The summed E-state index contributed by atoms with van der Waals surface area (Å²) in [5.74, 6) is -6.47. The number of piperidine rings is 3. The van der Waals surface area contributed by atoms with Gasteiger partial charge in [-0.3, -0.25) is 57.5 Å². The molecular weight excluding hydrogens is 1950 g/mol. The molecule has 12 N–H and O–H groups in total. The smallest absolute Gasteiger partial charge is 0.315 e. The maximum atomic E-state index is 14.5. The molecule has 0 aromatic heterocycles. The lowest BCUT2D eigenvalue weighted by Gasteiger charge is -2.44. The number of urea groups is 3. The van der Waals surface area contributed by atoms with Crippen molar-refractivity contribution >= 4 is 119 Å². The van der Waals surface area contributed by atoms with Gasteiger partial charge in [-0.15, -0.1) is 0 Å². The van der Waals surface area contributed by atoms with Gasteiger partial charge in [0.15, 0.2) is 0 Å². The van der Waals surface area contributed by atoms with Gasteiger partial charge in [-0.05, 0) is 197 Å². The molecule has 3 heterocycles. The number of amides is 15. The number of sulfonamides is 3. The molecular formula is C105H178N18O21S3. The molecule has 18 atom stereocenters. The van der Waals surface area contributed by atoms with E-state index in [9.17, 15) is 97.2 Å². The standard InChI is InChI=1S/C36H60N6O7S.C35H60N6O7S.C34H58N6O7S/c1-21(50(48,49)41(7)8)36(18-10-9-11-19-36)40-33(47)39-29(34(2,3)4)32(46)42-20-24-26(35(24,5)6)27(42)30(44)38-25(17-14-22-12-13-22)28(43)31(45)37-23-15-16-23;1-10-11-15-24(27(42)30(44)36-22-16-17-22)37-29(43)26-25-23(34(25,6)7)20-41(26)31(45)28(33(3,4)5)38-32(46)39-35(18-13-12-14-19-35)21(2)49(47,48)40(8)9;1-10-14-23(26(41)29(43)35-21-15-16-21)36-28(42)25-24-22(33(24,6)7)19-40(25)30(44)27(32(3,4)5)37-31(45)38-34(17-12-11-13-18-34)20(2)48(46,47)39(8)9/h21-27,29H,9-20H2,1-8H3,(H,37,45)(H,38,44)(H2,39,40,47);21-26,28H,10-20H2,1-9H3,(H,36,44)(H,37,43)(H2,38,39,46);20-25,27H,10-19H2,1-9H3,(H,35,43)(H,36,42)(H2,37,38,45)/t21-,24-,25-,26-,27-,29+;21-,23-,24-,25-,26-,28+;20-,22-,23-,24-,25-,27+/m000/s1. The van der Waals surface area contributed by atoms with Gasteiger partial charge >= 0.3 is 18.1 Å². The van der Waals surface area contributed by atoms with E-state index in [1.807, 2.05) is 76.2 Å². The molecule has 3 saturated heterocycles. The lowest BCUT2D eigenvalue weighted by molar-refractivity contribution is -0.145. The molecule has 0 radical (unpaired) electrons. The molecule has 147 heavy (non-hydrogen) atoms. The minimum absolute atomic E-state index is 0.00238. The Morgan fingerprint density at radius 1 is 0.340 bits per heavy atom. The van der Waals surface area contributed by atoms with Crippen molar-refractivity contribution < 1.29 is 97.2 Å². The van der Waals surface area contributed by atoms with Gasteiger partial charge in [0.2, 0.25) is 82.9 Å². The summed E-state index contributed by atoms with van der Waals surface area (Å²) in [6, 6.07) is -10.6. The number of nitrogens with zero attached hydrogens (tertiary/aromatic N) is 6. The number of carbonyl (C=O) groups is 15. The third-order valence-electron chi connectivity index (χ3n) is 35.3. The molecule has 0 unspecified atom stereocenters. The third-order valence-corrected chi connectivity index (χ3v) is 42.4. The molecule has 832 valence electrons. The maximum Gasteiger partial charge on any atom is 0.315 e. The summed E-state index contributed by atoms with van der Waals surface area (Å²) in [5, 5.41) is 31.8. The van der Waals surface area contributed by atoms with Crippen molar-refractivity contribution in [3.05, 3.63) is 0 Å². The van der Waals surface area contributed by atoms with Gasteiger partial charge in [0.25, 0.3) is 17.7 Å². The summed E-state index contributed by atoms with van der Waals surface area (Å²) in [6.45, 7) is 38.6. The molecule has 39 nitrogen and oxygen atoms in total. The lowest BCUT2D eigenvalue weighted by atomic mass is 9.79. The van der Waals surface area contributed by atoms with Gasteiger partial charge in [0.1, 0.15) is 36.3 Å². The van der Waals surface area contributed by atoms with Crippen LogP contribution in [0.4, 0.5) is 14.4 Å². The monoisotopic (exact) mass is 2120 g/mol. The van der Waals surface area contributed by atoms with E-state index in [1.165, 1.54) is 65.0 Å². The van der Waals surface area contributed by atoms with Crippen LogP contribution in [0.15, 0.2) is 0 Å². The topological polar surface area (TPSA) is 522 Å². The number of hydrogen-bond donors (Lipinski definition) is 12. The quantitative estimate of drug-likeness (QED) is 0.0261. The fourth-order valence-electron chi connectivity index (χ4n) is 24.3. The van der Waals surface area contributed by atoms with Crippen molar-refractivity contribution in [1.29, 1.82) is 0 Å². The highest BCUT2D eigenvalue weighted by molar-refractivity contribution is 7.90. The van der Waals surface area contributed by atoms with Crippen LogP contribution in [0.2, 0.25) is 0 Å². The van der Waals surface area contributed by atoms with Gasteiger partial charge in [0, 0.05) is 80.0 Å². The zero-order valence-electron chi connectivity index (χ0n) is 92.5. The van der Waals surface area contributed by atoms with Crippen LogP contribution in [0.1, 0.15) is 331 Å². The number of unbranched alkanes of at least 4 members (excludes halogenated alkanes) is 1.